The highest BCUT2D eigenvalue weighted by atomic mass is 16.5. The normalized spacial score (nSPS) is 10.2. The second-order valence-electron chi connectivity index (χ2n) is 4.38. The van der Waals surface area contributed by atoms with Crippen LogP contribution in [0.1, 0.15) is 30.9 Å². The summed E-state index contributed by atoms with van der Waals surface area (Å²) < 4.78 is 5.28. The van der Waals surface area contributed by atoms with Gasteiger partial charge in [0.1, 0.15) is 5.75 Å². The van der Waals surface area contributed by atoms with Crippen LogP contribution >= 0.6 is 0 Å². The fourth-order valence-corrected chi connectivity index (χ4v) is 1.72. The molecule has 4 heteroatoms. The predicted octanol–water partition coefficient (Wildman–Crippen LogP) is 1.68. The molecular formula is C14H19NO3. The Morgan fingerprint density at radius 3 is 2.72 bits per heavy atom. The van der Waals surface area contributed by atoms with E-state index in [0.29, 0.717) is 18.9 Å². The smallest absolute Gasteiger partial charge is 0.284 e. The van der Waals surface area contributed by atoms with Crippen LogP contribution in [0.5, 0.6) is 5.75 Å². The first-order valence-electron chi connectivity index (χ1n) is 5.98. The summed E-state index contributed by atoms with van der Waals surface area (Å²) in [6.07, 6.45) is 0.922. The molecule has 0 aromatic heterocycles. The molecule has 0 unspecified atom stereocenters. The van der Waals surface area contributed by atoms with E-state index in [0.717, 1.165) is 11.3 Å². The molecule has 0 heterocycles. The zero-order valence-electron chi connectivity index (χ0n) is 11.0. The average Bonchev–Trinajstić information content (AvgIpc) is 2.38. The number of benzene rings is 1. The Kier molecular flexibility index (Phi) is 5.36. The number of hydrogen-bond donors (Lipinski definition) is 1. The maximum absolute atomic E-state index is 10.8. The maximum Gasteiger partial charge on any atom is 0.284 e. The first kappa shape index (κ1) is 14.2. The second-order valence-corrected chi connectivity index (χ2v) is 4.38. The lowest BCUT2D eigenvalue weighted by Crippen LogP contribution is -2.26. The second kappa shape index (κ2) is 6.79. The molecule has 0 aliphatic heterocycles. The van der Waals surface area contributed by atoms with Gasteiger partial charge < -0.3 is 10.1 Å². The summed E-state index contributed by atoms with van der Waals surface area (Å²) in [4.78, 5) is 21.0. The van der Waals surface area contributed by atoms with Crippen molar-refractivity contribution in [1.29, 1.82) is 0 Å². The van der Waals surface area contributed by atoms with Crippen LogP contribution in [0.25, 0.3) is 0 Å². The predicted molar refractivity (Wildman–Crippen MR) is 69.9 cm³/mol. The molecular weight excluding hydrogens is 230 g/mol. The number of methoxy groups -OCH3 is 1. The molecule has 18 heavy (non-hydrogen) atoms. The molecule has 0 bridgehead atoms. The number of nitrogens with one attached hydrogen (secondary N) is 1. The fraction of sp³-hybridized carbons (Fsp3) is 0.429. The van der Waals surface area contributed by atoms with Gasteiger partial charge in [-0.15, -0.1) is 0 Å². The molecule has 0 aliphatic carbocycles. The van der Waals surface area contributed by atoms with E-state index in [2.05, 4.69) is 25.2 Å². The molecule has 98 valence electrons. The maximum atomic E-state index is 10.8. The van der Waals surface area contributed by atoms with Crippen LogP contribution in [0.15, 0.2) is 18.2 Å². The average molecular weight is 249 g/mol. The quantitative estimate of drug-likeness (QED) is 0.616. The topological polar surface area (TPSA) is 55.4 Å². The third kappa shape index (κ3) is 3.87. The highest BCUT2D eigenvalue weighted by molar-refractivity contribution is 6.23. The van der Waals surface area contributed by atoms with Gasteiger partial charge in [-0.05, 0) is 29.5 Å². The molecule has 4 nitrogen and oxygen atoms in total. The molecule has 1 aromatic carbocycles. The molecule has 0 spiro atoms. The van der Waals surface area contributed by atoms with Gasteiger partial charge in [0.2, 0.25) is 6.29 Å². The summed E-state index contributed by atoms with van der Waals surface area (Å²) in [5, 5.41) is 2.52. The van der Waals surface area contributed by atoms with E-state index >= 15 is 0 Å². The first-order valence-corrected chi connectivity index (χ1v) is 5.98. The van der Waals surface area contributed by atoms with Crippen molar-refractivity contribution < 1.29 is 14.3 Å². The molecule has 1 rings (SSSR count). The molecule has 1 N–H and O–H groups in total. The zero-order chi connectivity index (χ0) is 13.5. The van der Waals surface area contributed by atoms with Gasteiger partial charge in [0.15, 0.2) is 0 Å². The minimum Gasteiger partial charge on any atom is -0.496 e. The van der Waals surface area contributed by atoms with Crippen molar-refractivity contribution in [2.45, 2.75) is 26.2 Å². The van der Waals surface area contributed by atoms with Gasteiger partial charge in [-0.25, -0.2) is 0 Å². The minimum atomic E-state index is -0.589. The number of hydrogen-bond acceptors (Lipinski definition) is 3. The van der Waals surface area contributed by atoms with E-state index in [1.165, 1.54) is 5.56 Å². The molecule has 0 radical (unpaired) electrons. The van der Waals surface area contributed by atoms with Crippen LogP contribution in [-0.4, -0.2) is 25.8 Å². The lowest BCUT2D eigenvalue weighted by atomic mass is 9.99. The molecule has 0 saturated heterocycles. The van der Waals surface area contributed by atoms with Gasteiger partial charge >= 0.3 is 0 Å². The van der Waals surface area contributed by atoms with E-state index < -0.39 is 5.91 Å². The van der Waals surface area contributed by atoms with Crippen molar-refractivity contribution in [2.24, 2.45) is 0 Å². The Balaban J connectivity index is 2.75. The van der Waals surface area contributed by atoms with E-state index in [1.54, 1.807) is 7.11 Å². The van der Waals surface area contributed by atoms with Crippen molar-refractivity contribution in [3.8, 4) is 5.75 Å². The van der Waals surface area contributed by atoms with Crippen LogP contribution < -0.4 is 10.1 Å². The summed E-state index contributed by atoms with van der Waals surface area (Å²) >= 11 is 0. The third-order valence-corrected chi connectivity index (χ3v) is 2.77. The highest BCUT2D eigenvalue weighted by Gasteiger charge is 2.07. The summed E-state index contributed by atoms with van der Waals surface area (Å²) in [6.45, 7) is 4.68. The fourth-order valence-electron chi connectivity index (χ4n) is 1.72. The van der Waals surface area contributed by atoms with Crippen molar-refractivity contribution >= 4 is 12.2 Å². The summed E-state index contributed by atoms with van der Waals surface area (Å²) in [5.41, 5.74) is 2.27. The summed E-state index contributed by atoms with van der Waals surface area (Å²) in [5.74, 6) is 0.660. The number of aldehydes is 1. The van der Waals surface area contributed by atoms with Crippen molar-refractivity contribution in [3.05, 3.63) is 29.3 Å². The number of carbonyl (C=O) groups excluding carboxylic acids is 2. The number of amides is 1. The van der Waals surface area contributed by atoms with Crippen molar-refractivity contribution in [3.63, 3.8) is 0 Å². The Bertz CT molecular complexity index is 427. The standard InChI is InChI=1S/C14H19NO3/c1-10(2)11-4-5-13(18-3)12(8-11)6-7-15-14(17)9-16/h4-5,8-10H,6-7H2,1-3H3,(H,15,17). The SMILES string of the molecule is COc1ccc(C(C)C)cc1CCNC(=O)C=O. The number of ether oxygens (including phenoxy) is 1. The van der Waals surface area contributed by atoms with Crippen LogP contribution in [0, 0.1) is 0 Å². The molecule has 1 aromatic rings. The van der Waals surface area contributed by atoms with Crippen molar-refractivity contribution in [2.75, 3.05) is 13.7 Å². The lowest BCUT2D eigenvalue weighted by Gasteiger charge is -2.12. The Hall–Kier alpha value is -1.84. The van der Waals surface area contributed by atoms with Crippen LogP contribution in [0.3, 0.4) is 0 Å². The molecule has 1 amide bonds. The molecule has 0 atom stereocenters. The van der Waals surface area contributed by atoms with Gasteiger partial charge in [-0.1, -0.05) is 26.0 Å². The van der Waals surface area contributed by atoms with E-state index in [9.17, 15) is 9.59 Å². The molecule has 0 saturated carbocycles. The Morgan fingerprint density at radius 1 is 1.44 bits per heavy atom. The van der Waals surface area contributed by atoms with E-state index in [-0.39, 0.29) is 6.29 Å². The third-order valence-electron chi connectivity index (χ3n) is 2.77. The zero-order valence-corrected chi connectivity index (χ0v) is 11.0. The molecule has 0 aliphatic rings. The van der Waals surface area contributed by atoms with Gasteiger partial charge in [0.25, 0.3) is 5.91 Å². The largest absolute Gasteiger partial charge is 0.496 e. The Labute approximate surface area is 107 Å². The number of rotatable bonds is 6. The van der Waals surface area contributed by atoms with Crippen LogP contribution in [-0.2, 0) is 16.0 Å². The van der Waals surface area contributed by atoms with E-state index in [4.69, 9.17) is 4.74 Å². The first-order chi connectivity index (χ1) is 8.58. The van der Waals surface area contributed by atoms with E-state index in [1.807, 2.05) is 12.1 Å². The lowest BCUT2D eigenvalue weighted by molar-refractivity contribution is -0.131. The van der Waals surface area contributed by atoms with Gasteiger partial charge in [0.05, 0.1) is 7.11 Å². The van der Waals surface area contributed by atoms with Gasteiger partial charge in [-0.2, -0.15) is 0 Å². The van der Waals surface area contributed by atoms with Gasteiger partial charge in [0, 0.05) is 6.54 Å². The Morgan fingerprint density at radius 2 is 2.17 bits per heavy atom. The van der Waals surface area contributed by atoms with Gasteiger partial charge in [-0.3, -0.25) is 9.59 Å². The van der Waals surface area contributed by atoms with Crippen LogP contribution in [0.4, 0.5) is 0 Å². The highest BCUT2D eigenvalue weighted by Crippen LogP contribution is 2.24. The van der Waals surface area contributed by atoms with Crippen LogP contribution in [0.2, 0.25) is 0 Å². The summed E-state index contributed by atoms with van der Waals surface area (Å²) in [7, 11) is 1.62. The molecule has 0 fully saturated rings. The van der Waals surface area contributed by atoms with Crippen molar-refractivity contribution in [1.82, 2.24) is 5.32 Å². The minimum absolute atomic E-state index is 0.280. The monoisotopic (exact) mass is 249 g/mol. The number of carbonyl (C=O) groups is 2. The summed E-state index contributed by atoms with van der Waals surface area (Å²) in [6, 6.07) is 6.06.